The van der Waals surface area contributed by atoms with Crippen LogP contribution in [-0.2, 0) is 9.59 Å². The van der Waals surface area contributed by atoms with Crippen molar-refractivity contribution in [2.45, 2.75) is 66.2 Å². The van der Waals surface area contributed by atoms with Crippen LogP contribution in [0.15, 0.2) is 23.3 Å². The molecule has 0 spiro atoms. The van der Waals surface area contributed by atoms with Crippen molar-refractivity contribution in [3.8, 4) is 0 Å². The molecule has 3 nitrogen and oxygen atoms in total. The highest BCUT2D eigenvalue weighted by atomic mass is 16.2. The van der Waals surface area contributed by atoms with E-state index in [4.69, 9.17) is 0 Å². The van der Waals surface area contributed by atoms with Crippen molar-refractivity contribution in [3.05, 3.63) is 23.3 Å². The lowest BCUT2D eigenvalue weighted by molar-refractivity contribution is -0.123. The molecule has 2 aliphatic carbocycles. The van der Waals surface area contributed by atoms with Crippen molar-refractivity contribution in [3.63, 3.8) is 0 Å². The first-order chi connectivity index (χ1) is 10.8. The average Bonchev–Trinajstić information content (AvgIpc) is 2.82. The number of fused-ring (bicyclic) bond motifs is 1. The molecule has 126 valence electrons. The summed E-state index contributed by atoms with van der Waals surface area (Å²) in [6.45, 7) is 9.54. The number of carbonyl (C=O) groups is 2. The molecule has 0 radical (unpaired) electrons. The van der Waals surface area contributed by atoms with Crippen molar-refractivity contribution in [2.24, 2.45) is 22.7 Å². The summed E-state index contributed by atoms with van der Waals surface area (Å²) < 4.78 is 0. The van der Waals surface area contributed by atoms with Crippen LogP contribution in [0.4, 0.5) is 0 Å². The molecular weight excluding hydrogens is 286 g/mol. The van der Waals surface area contributed by atoms with Gasteiger partial charge in [-0.05, 0) is 68.1 Å². The minimum absolute atomic E-state index is 0.190. The number of amides is 2. The van der Waals surface area contributed by atoms with Gasteiger partial charge in [-0.1, -0.05) is 32.4 Å². The van der Waals surface area contributed by atoms with Gasteiger partial charge in [0.15, 0.2) is 0 Å². The van der Waals surface area contributed by atoms with Gasteiger partial charge in [0, 0.05) is 11.6 Å². The lowest BCUT2D eigenvalue weighted by atomic mass is 9.47. The van der Waals surface area contributed by atoms with Crippen LogP contribution in [0, 0.1) is 22.7 Å². The van der Waals surface area contributed by atoms with Gasteiger partial charge >= 0.3 is 0 Å². The van der Waals surface area contributed by atoms with E-state index in [0.717, 1.165) is 6.42 Å². The number of hydrogen-bond donors (Lipinski definition) is 1. The largest absolute Gasteiger partial charge is 0.289 e. The Morgan fingerprint density at radius 3 is 2.65 bits per heavy atom. The predicted molar refractivity (Wildman–Crippen MR) is 91.6 cm³/mol. The van der Waals surface area contributed by atoms with Gasteiger partial charge in [0.25, 0.3) is 11.8 Å². The van der Waals surface area contributed by atoms with E-state index in [1.165, 1.54) is 31.8 Å². The van der Waals surface area contributed by atoms with Crippen molar-refractivity contribution in [1.82, 2.24) is 5.32 Å². The van der Waals surface area contributed by atoms with E-state index in [9.17, 15) is 9.59 Å². The lowest BCUT2D eigenvalue weighted by Crippen LogP contribution is -2.49. The molecule has 0 aromatic carbocycles. The van der Waals surface area contributed by atoms with Gasteiger partial charge in [0.1, 0.15) is 0 Å². The summed E-state index contributed by atoms with van der Waals surface area (Å²) in [7, 11) is 0. The summed E-state index contributed by atoms with van der Waals surface area (Å²) in [6, 6.07) is 0. The van der Waals surface area contributed by atoms with Crippen LogP contribution >= 0.6 is 0 Å². The number of rotatable bonds is 3. The number of imide groups is 1. The van der Waals surface area contributed by atoms with Gasteiger partial charge < -0.3 is 0 Å². The third-order valence-corrected chi connectivity index (χ3v) is 7.36. The van der Waals surface area contributed by atoms with E-state index in [-0.39, 0.29) is 17.2 Å². The van der Waals surface area contributed by atoms with E-state index < -0.39 is 0 Å². The molecule has 3 heteroatoms. The topological polar surface area (TPSA) is 46.2 Å². The second-order valence-corrected chi connectivity index (χ2v) is 8.37. The molecule has 23 heavy (non-hydrogen) atoms. The second-order valence-electron chi connectivity index (χ2n) is 8.37. The maximum absolute atomic E-state index is 11.8. The molecule has 2 amide bonds. The minimum atomic E-state index is -0.256. The van der Waals surface area contributed by atoms with Gasteiger partial charge in [-0.15, -0.1) is 0 Å². The zero-order valence-electron chi connectivity index (χ0n) is 14.9. The van der Waals surface area contributed by atoms with E-state index in [1.807, 2.05) is 0 Å². The average molecular weight is 315 g/mol. The molecule has 1 heterocycles. The maximum atomic E-state index is 11.8. The first-order valence-electron chi connectivity index (χ1n) is 9.00. The highest BCUT2D eigenvalue weighted by Crippen LogP contribution is 2.61. The first kappa shape index (κ1) is 16.5. The molecule has 1 fully saturated rings. The molecule has 4 atom stereocenters. The maximum Gasteiger partial charge on any atom is 0.254 e. The molecule has 1 aliphatic heterocycles. The highest BCUT2D eigenvalue weighted by molar-refractivity contribution is 6.16. The first-order valence-corrected chi connectivity index (χ1v) is 9.00. The molecule has 3 aliphatic rings. The fraction of sp³-hybridized carbons (Fsp3) is 0.700. The predicted octanol–water partition coefficient (Wildman–Crippen LogP) is 4.15. The minimum Gasteiger partial charge on any atom is -0.289 e. The number of nitrogens with one attached hydrogen (secondary N) is 1. The molecule has 3 rings (SSSR count). The monoisotopic (exact) mass is 315 g/mol. The molecule has 0 bridgehead atoms. The summed E-state index contributed by atoms with van der Waals surface area (Å²) in [5.74, 6) is 0.884. The Morgan fingerprint density at radius 1 is 1.26 bits per heavy atom. The van der Waals surface area contributed by atoms with Crippen molar-refractivity contribution < 1.29 is 9.59 Å². The van der Waals surface area contributed by atoms with Gasteiger partial charge in [-0.2, -0.15) is 0 Å². The number of hydrogen-bond acceptors (Lipinski definition) is 2. The molecule has 1 saturated carbocycles. The fourth-order valence-electron chi connectivity index (χ4n) is 5.37. The highest BCUT2D eigenvalue weighted by Gasteiger charge is 2.52. The van der Waals surface area contributed by atoms with Crippen LogP contribution in [0.2, 0.25) is 0 Å². The van der Waals surface area contributed by atoms with Crippen molar-refractivity contribution in [2.75, 3.05) is 0 Å². The van der Waals surface area contributed by atoms with Gasteiger partial charge in [0.05, 0.1) is 0 Å². The second kappa shape index (κ2) is 5.61. The Morgan fingerprint density at radius 2 is 2.00 bits per heavy atom. The Hall–Kier alpha value is -1.38. The summed E-state index contributed by atoms with van der Waals surface area (Å²) >= 11 is 0. The van der Waals surface area contributed by atoms with E-state index in [2.05, 4.69) is 39.1 Å². The molecule has 1 N–H and O–H groups in total. The number of allylic oxidation sites excluding steroid dienone is 2. The van der Waals surface area contributed by atoms with E-state index in [1.54, 1.807) is 5.57 Å². The Bertz CT molecular complexity index is 603. The van der Waals surface area contributed by atoms with Crippen LogP contribution < -0.4 is 5.32 Å². The van der Waals surface area contributed by atoms with Gasteiger partial charge in [0.2, 0.25) is 0 Å². The van der Waals surface area contributed by atoms with E-state index in [0.29, 0.717) is 29.2 Å². The van der Waals surface area contributed by atoms with Gasteiger partial charge in [-0.3, -0.25) is 14.9 Å². The molecule has 0 unspecified atom stereocenters. The smallest absolute Gasteiger partial charge is 0.254 e. The molecule has 0 aromatic rings. The summed E-state index contributed by atoms with van der Waals surface area (Å²) in [6.07, 6.45) is 10.6. The SMILES string of the molecule is CC1=CCC[C@@H]2[C@@](C)(CCC3=CC(=O)NC3=O)[C@H](C)CC[C@@]12C. The Balaban J connectivity index is 1.83. The third-order valence-electron chi connectivity index (χ3n) is 7.36. The van der Waals surface area contributed by atoms with Crippen LogP contribution in [0.25, 0.3) is 0 Å². The van der Waals surface area contributed by atoms with Crippen molar-refractivity contribution in [1.29, 1.82) is 0 Å². The van der Waals surface area contributed by atoms with E-state index >= 15 is 0 Å². The quantitative estimate of drug-likeness (QED) is 0.628. The standard InChI is InChI=1S/C20H29NO2/c1-13-6-5-7-16-19(13,3)10-8-14(2)20(16,4)11-9-15-12-17(22)21-18(15)23/h6,12,14,16H,5,7-11H2,1-4H3,(H,21,22,23)/t14-,16+,19+,20+/m1/s1. The Kier molecular flexibility index (Phi) is 4.02. The molecule has 0 aromatic heterocycles. The van der Waals surface area contributed by atoms with Crippen molar-refractivity contribution >= 4 is 11.8 Å². The van der Waals surface area contributed by atoms with Crippen LogP contribution in [-0.4, -0.2) is 11.8 Å². The zero-order chi connectivity index (χ0) is 16.8. The molecule has 0 saturated heterocycles. The lowest BCUT2D eigenvalue weighted by Gasteiger charge is -2.58. The normalized spacial score (nSPS) is 40.3. The summed E-state index contributed by atoms with van der Waals surface area (Å²) in [5, 5.41) is 2.37. The van der Waals surface area contributed by atoms with Crippen LogP contribution in [0.5, 0.6) is 0 Å². The van der Waals surface area contributed by atoms with Gasteiger partial charge in [-0.25, -0.2) is 0 Å². The third kappa shape index (κ3) is 2.58. The molecular formula is C20H29NO2. The summed E-state index contributed by atoms with van der Waals surface area (Å²) in [4.78, 5) is 23.2. The van der Waals surface area contributed by atoms with Crippen LogP contribution in [0.1, 0.15) is 66.2 Å². The van der Waals surface area contributed by atoms with Crippen LogP contribution in [0.3, 0.4) is 0 Å². The fourth-order valence-corrected chi connectivity index (χ4v) is 5.37. The Labute approximate surface area is 139 Å². The number of carbonyl (C=O) groups excluding carboxylic acids is 2. The summed E-state index contributed by atoms with van der Waals surface area (Å²) in [5.41, 5.74) is 2.76. The zero-order valence-corrected chi connectivity index (χ0v) is 14.9.